The van der Waals surface area contributed by atoms with E-state index in [2.05, 4.69) is 52.1 Å². The van der Waals surface area contributed by atoms with E-state index in [-0.39, 0.29) is 37.1 Å². The normalized spacial score (nSPS) is 21.5. The highest BCUT2D eigenvalue weighted by atomic mass is 16.7. The van der Waals surface area contributed by atoms with Crippen molar-refractivity contribution in [3.05, 3.63) is 72.3 Å². The van der Waals surface area contributed by atoms with Gasteiger partial charge >= 0.3 is 11.9 Å². The molecule has 0 spiro atoms. The summed E-state index contributed by atoms with van der Waals surface area (Å²) in [6, 6.07) is 18.5. The Kier molecular flexibility index (Phi) is 11.5. The monoisotopic (exact) mass is 549 g/mol. The standard InChI is InChI=1S/C32H39NO7/c1-24(34)39-23-40-31(36)12-8-3-2-7-11-28-30(21-29(35)32(28)33-17-19-37-20-18-33)38-22-25-13-15-27(16-14-25)26-9-5-4-6-10-26/h2-6,9-10,13-16,28,30,32H,7-8,11-12,17-23H2,1H3/b3-2-/t28-,30-,32+/m0/s1. The Morgan fingerprint density at radius 3 is 2.38 bits per heavy atom. The molecule has 0 bridgehead atoms. The summed E-state index contributed by atoms with van der Waals surface area (Å²) in [5.74, 6) is -0.565. The Bertz CT molecular complexity index is 1130. The third kappa shape index (κ3) is 8.84. The first-order valence-electron chi connectivity index (χ1n) is 14.1. The maximum absolute atomic E-state index is 13.2. The minimum Gasteiger partial charge on any atom is -0.428 e. The van der Waals surface area contributed by atoms with E-state index in [9.17, 15) is 14.4 Å². The number of ether oxygens (including phenoxy) is 4. The number of morpholine rings is 1. The SMILES string of the molecule is CC(=O)OCOC(=O)CC/C=C\CC[C@H]1[C@@H](OCc2ccc(-c3ccccc3)cc2)CC(=O)[C@@H]1N1CCOCC1. The fraction of sp³-hybridized carbons (Fsp3) is 0.469. The zero-order valence-corrected chi connectivity index (χ0v) is 23.2. The molecule has 2 aromatic carbocycles. The van der Waals surface area contributed by atoms with E-state index in [4.69, 9.17) is 14.2 Å². The van der Waals surface area contributed by atoms with E-state index < -0.39 is 11.9 Å². The van der Waals surface area contributed by atoms with Gasteiger partial charge in [0.15, 0.2) is 5.78 Å². The molecule has 2 aliphatic rings. The van der Waals surface area contributed by atoms with Gasteiger partial charge in [0.05, 0.1) is 32.0 Å². The maximum Gasteiger partial charge on any atom is 0.308 e. The highest BCUT2D eigenvalue weighted by molar-refractivity contribution is 5.87. The smallest absolute Gasteiger partial charge is 0.308 e. The highest BCUT2D eigenvalue weighted by Crippen LogP contribution is 2.35. The van der Waals surface area contributed by atoms with Crippen molar-refractivity contribution in [1.82, 2.24) is 4.90 Å². The molecule has 8 nitrogen and oxygen atoms in total. The number of esters is 2. The van der Waals surface area contributed by atoms with Crippen LogP contribution in [0.25, 0.3) is 11.1 Å². The van der Waals surface area contributed by atoms with E-state index in [0.717, 1.165) is 37.1 Å². The Labute approximate surface area is 236 Å². The van der Waals surface area contributed by atoms with E-state index in [0.29, 0.717) is 32.7 Å². The number of benzene rings is 2. The van der Waals surface area contributed by atoms with Gasteiger partial charge in [-0.1, -0.05) is 66.7 Å². The molecule has 1 saturated heterocycles. The summed E-state index contributed by atoms with van der Waals surface area (Å²) in [7, 11) is 0. The number of nitrogens with zero attached hydrogens (tertiary/aromatic N) is 1. The number of rotatable bonds is 13. The van der Waals surface area contributed by atoms with Crippen molar-refractivity contribution >= 4 is 17.7 Å². The van der Waals surface area contributed by atoms with Crippen LogP contribution in [0.1, 0.15) is 44.6 Å². The second-order valence-electron chi connectivity index (χ2n) is 10.2. The van der Waals surface area contributed by atoms with Gasteiger partial charge in [0.25, 0.3) is 0 Å². The van der Waals surface area contributed by atoms with Gasteiger partial charge in [-0.25, -0.2) is 0 Å². The number of hydrogen-bond donors (Lipinski definition) is 0. The maximum atomic E-state index is 13.2. The van der Waals surface area contributed by atoms with Crippen LogP contribution in [0.4, 0.5) is 0 Å². The van der Waals surface area contributed by atoms with Crippen LogP contribution in [0.2, 0.25) is 0 Å². The van der Waals surface area contributed by atoms with E-state index >= 15 is 0 Å². The lowest BCUT2D eigenvalue weighted by atomic mass is 9.93. The second-order valence-corrected chi connectivity index (χ2v) is 10.2. The molecule has 1 saturated carbocycles. The Morgan fingerprint density at radius 2 is 1.65 bits per heavy atom. The number of carbonyl (C=O) groups is 3. The number of hydrogen-bond acceptors (Lipinski definition) is 8. The minimum absolute atomic E-state index is 0.0903. The summed E-state index contributed by atoms with van der Waals surface area (Å²) < 4.78 is 21.4. The molecule has 214 valence electrons. The molecule has 8 heteroatoms. The summed E-state index contributed by atoms with van der Waals surface area (Å²) in [4.78, 5) is 37.9. The summed E-state index contributed by atoms with van der Waals surface area (Å²) in [6.07, 6.45) is 6.64. The number of Topliss-reactive ketones (excluding diaryl/α,β-unsaturated/α-hetero) is 1. The predicted molar refractivity (Wildman–Crippen MR) is 150 cm³/mol. The molecule has 2 fully saturated rings. The summed E-state index contributed by atoms with van der Waals surface area (Å²) in [6.45, 7) is 4.17. The lowest BCUT2D eigenvalue weighted by Gasteiger charge is -2.35. The molecule has 40 heavy (non-hydrogen) atoms. The van der Waals surface area contributed by atoms with Crippen molar-refractivity contribution in [3.8, 4) is 11.1 Å². The van der Waals surface area contributed by atoms with Crippen LogP contribution in [-0.2, 0) is 39.9 Å². The van der Waals surface area contributed by atoms with Gasteiger partial charge in [0.1, 0.15) is 0 Å². The lowest BCUT2D eigenvalue weighted by Crippen LogP contribution is -2.49. The number of carbonyl (C=O) groups excluding carboxylic acids is 3. The molecule has 4 rings (SSSR count). The third-order valence-corrected chi connectivity index (χ3v) is 7.41. The van der Waals surface area contributed by atoms with Gasteiger partial charge in [-0.15, -0.1) is 0 Å². The molecule has 3 atom stereocenters. The van der Waals surface area contributed by atoms with E-state index in [1.54, 1.807) is 0 Å². The van der Waals surface area contributed by atoms with Crippen molar-refractivity contribution in [3.63, 3.8) is 0 Å². The molecule has 0 unspecified atom stereocenters. The third-order valence-electron chi connectivity index (χ3n) is 7.41. The molecule has 0 radical (unpaired) electrons. The van der Waals surface area contributed by atoms with E-state index in [1.165, 1.54) is 12.5 Å². The van der Waals surface area contributed by atoms with E-state index in [1.807, 2.05) is 24.3 Å². The van der Waals surface area contributed by atoms with Crippen LogP contribution in [0.15, 0.2) is 66.7 Å². The van der Waals surface area contributed by atoms with Gasteiger partial charge in [-0.3, -0.25) is 19.3 Å². The van der Waals surface area contributed by atoms with Gasteiger partial charge in [-0.2, -0.15) is 0 Å². The first kappa shape index (κ1) is 29.6. The first-order valence-corrected chi connectivity index (χ1v) is 14.1. The molecule has 1 heterocycles. The molecule has 0 amide bonds. The van der Waals surface area contributed by atoms with Crippen LogP contribution in [-0.4, -0.2) is 67.9 Å². The van der Waals surface area contributed by atoms with Crippen LogP contribution < -0.4 is 0 Å². The van der Waals surface area contributed by atoms with Crippen molar-refractivity contribution in [2.75, 3.05) is 33.1 Å². The summed E-state index contributed by atoms with van der Waals surface area (Å²) in [5.41, 5.74) is 3.42. The lowest BCUT2D eigenvalue weighted by molar-refractivity contribution is -0.165. The largest absolute Gasteiger partial charge is 0.428 e. The Hall–Kier alpha value is -3.33. The summed E-state index contributed by atoms with van der Waals surface area (Å²) >= 11 is 0. The fourth-order valence-corrected chi connectivity index (χ4v) is 5.37. The molecule has 2 aromatic rings. The van der Waals surface area contributed by atoms with Crippen LogP contribution >= 0.6 is 0 Å². The number of ketones is 1. The van der Waals surface area contributed by atoms with Crippen molar-refractivity contribution < 1.29 is 33.3 Å². The first-order chi connectivity index (χ1) is 19.5. The zero-order valence-electron chi connectivity index (χ0n) is 23.2. The number of allylic oxidation sites excluding steroid dienone is 2. The molecule has 1 aliphatic carbocycles. The van der Waals surface area contributed by atoms with Gasteiger partial charge in [0, 0.05) is 38.8 Å². The van der Waals surface area contributed by atoms with Crippen molar-refractivity contribution in [2.45, 2.75) is 57.8 Å². The van der Waals surface area contributed by atoms with Crippen molar-refractivity contribution in [1.29, 1.82) is 0 Å². The highest BCUT2D eigenvalue weighted by Gasteiger charge is 2.45. The second kappa shape index (κ2) is 15.5. The predicted octanol–water partition coefficient (Wildman–Crippen LogP) is 4.71. The average Bonchev–Trinajstić information content (AvgIpc) is 3.29. The minimum atomic E-state index is -0.489. The van der Waals surface area contributed by atoms with Crippen LogP contribution in [0.3, 0.4) is 0 Å². The van der Waals surface area contributed by atoms with Crippen LogP contribution in [0.5, 0.6) is 0 Å². The molecular weight excluding hydrogens is 510 g/mol. The average molecular weight is 550 g/mol. The van der Waals surface area contributed by atoms with Crippen molar-refractivity contribution in [2.24, 2.45) is 5.92 Å². The molecule has 0 N–H and O–H groups in total. The van der Waals surface area contributed by atoms with Gasteiger partial charge in [-0.05, 0) is 36.0 Å². The topological polar surface area (TPSA) is 91.4 Å². The zero-order chi connectivity index (χ0) is 28.2. The van der Waals surface area contributed by atoms with Gasteiger partial charge in [0.2, 0.25) is 6.79 Å². The van der Waals surface area contributed by atoms with Gasteiger partial charge < -0.3 is 18.9 Å². The molecule has 1 aliphatic heterocycles. The van der Waals surface area contributed by atoms with Crippen LogP contribution in [0, 0.1) is 5.92 Å². The Balaban J connectivity index is 1.30. The Morgan fingerprint density at radius 1 is 0.950 bits per heavy atom. The molecule has 0 aromatic heterocycles. The fourth-order valence-electron chi connectivity index (χ4n) is 5.37. The quantitative estimate of drug-likeness (QED) is 0.202. The summed E-state index contributed by atoms with van der Waals surface area (Å²) in [5, 5.41) is 0. The molecular formula is C32H39NO7.